The van der Waals surface area contributed by atoms with E-state index in [2.05, 4.69) is 76.2 Å². The Bertz CT molecular complexity index is 745. The highest BCUT2D eigenvalue weighted by Crippen LogP contribution is 2.27. The van der Waals surface area contributed by atoms with Gasteiger partial charge in [0, 0.05) is 0 Å². The van der Waals surface area contributed by atoms with Crippen LogP contribution >= 0.6 is 0 Å². The zero-order valence-corrected chi connectivity index (χ0v) is 15.9. The Morgan fingerprint density at radius 1 is 0.500 bits per heavy atom. The van der Waals surface area contributed by atoms with Gasteiger partial charge in [-0.2, -0.15) is 0 Å². The molecule has 2 nitrogen and oxygen atoms in total. The molecule has 2 atom stereocenters. The van der Waals surface area contributed by atoms with Gasteiger partial charge in [0.25, 0.3) is 0 Å². The van der Waals surface area contributed by atoms with E-state index in [9.17, 15) is 0 Å². The fourth-order valence-corrected chi connectivity index (χ4v) is 2.82. The molecule has 0 fully saturated rings. The molecule has 3 rings (SSSR count). The Morgan fingerprint density at radius 3 is 1.12 bits per heavy atom. The maximum Gasteiger partial charge on any atom is 0.121 e. The van der Waals surface area contributed by atoms with Crippen molar-refractivity contribution in [1.29, 1.82) is 0 Å². The molecule has 0 spiro atoms. The molecule has 0 N–H and O–H groups in total. The molecule has 0 saturated carbocycles. The Hall–Kier alpha value is -2.74. The van der Waals surface area contributed by atoms with Gasteiger partial charge in [-0.05, 0) is 63.1 Å². The van der Waals surface area contributed by atoms with E-state index in [1.807, 2.05) is 24.3 Å². The molecule has 0 aliphatic carbocycles. The Morgan fingerprint density at radius 2 is 0.808 bits per heavy atom. The first-order valence-electron chi connectivity index (χ1n) is 9.08. The summed E-state index contributed by atoms with van der Waals surface area (Å²) in [6.45, 7) is 8.31. The third kappa shape index (κ3) is 4.66. The van der Waals surface area contributed by atoms with Gasteiger partial charge in [0.1, 0.15) is 23.7 Å². The smallest absolute Gasteiger partial charge is 0.121 e. The first-order valence-corrected chi connectivity index (χ1v) is 9.08. The number of aryl methyl sites for hydroxylation is 2. The molecule has 3 aromatic carbocycles. The molecular formula is C24H26O2. The predicted molar refractivity (Wildman–Crippen MR) is 107 cm³/mol. The van der Waals surface area contributed by atoms with Gasteiger partial charge >= 0.3 is 0 Å². The molecule has 3 aromatic rings. The number of hydrogen-bond donors (Lipinski definition) is 0. The summed E-state index contributed by atoms with van der Waals surface area (Å²) >= 11 is 0. The molecule has 0 aliphatic heterocycles. The summed E-state index contributed by atoms with van der Waals surface area (Å²) in [5, 5.41) is 0. The van der Waals surface area contributed by atoms with Crippen LogP contribution in [-0.4, -0.2) is 0 Å². The van der Waals surface area contributed by atoms with Crippen LogP contribution in [0.5, 0.6) is 11.5 Å². The van der Waals surface area contributed by atoms with Crippen molar-refractivity contribution in [2.75, 3.05) is 0 Å². The summed E-state index contributed by atoms with van der Waals surface area (Å²) in [6, 6.07) is 24.7. The number of ether oxygens (including phenoxy) is 2. The summed E-state index contributed by atoms with van der Waals surface area (Å²) in [7, 11) is 0. The summed E-state index contributed by atoms with van der Waals surface area (Å²) in [5.41, 5.74) is 4.85. The monoisotopic (exact) mass is 346 g/mol. The van der Waals surface area contributed by atoms with E-state index in [0.29, 0.717) is 0 Å². The second kappa shape index (κ2) is 8.09. The maximum atomic E-state index is 6.04. The minimum absolute atomic E-state index is 0.00819. The molecule has 0 amide bonds. The van der Waals surface area contributed by atoms with Gasteiger partial charge in [0.2, 0.25) is 0 Å². The Kier molecular flexibility index (Phi) is 5.62. The number of rotatable bonds is 6. The van der Waals surface area contributed by atoms with Crippen molar-refractivity contribution >= 4 is 0 Å². The highest BCUT2D eigenvalue weighted by atomic mass is 16.5. The van der Waals surface area contributed by atoms with Crippen molar-refractivity contribution in [3.63, 3.8) is 0 Å². The highest BCUT2D eigenvalue weighted by molar-refractivity contribution is 5.33. The SMILES string of the molecule is Cc1ccc(C(C)Oc2ccc(OC(C)c3ccc(C)cc3)cc2)cc1. The summed E-state index contributed by atoms with van der Waals surface area (Å²) in [6.07, 6.45) is 0.0164. The van der Waals surface area contributed by atoms with E-state index in [1.165, 1.54) is 22.3 Å². The van der Waals surface area contributed by atoms with Gasteiger partial charge in [-0.15, -0.1) is 0 Å². The second-order valence-electron chi connectivity index (χ2n) is 6.81. The zero-order valence-electron chi connectivity index (χ0n) is 15.9. The topological polar surface area (TPSA) is 18.5 Å². The van der Waals surface area contributed by atoms with E-state index in [4.69, 9.17) is 9.47 Å². The van der Waals surface area contributed by atoms with Crippen molar-refractivity contribution in [2.45, 2.75) is 39.9 Å². The largest absolute Gasteiger partial charge is 0.486 e. The molecule has 0 bridgehead atoms. The average molecular weight is 346 g/mol. The van der Waals surface area contributed by atoms with Gasteiger partial charge in [0.05, 0.1) is 0 Å². The standard InChI is InChI=1S/C24H26O2/c1-17-5-9-21(10-6-17)19(3)25-23-13-15-24(16-14-23)26-20(4)22-11-7-18(2)8-12-22/h5-16,19-20H,1-4H3. The molecule has 0 radical (unpaired) electrons. The average Bonchev–Trinajstić information content (AvgIpc) is 2.64. The summed E-state index contributed by atoms with van der Waals surface area (Å²) in [5.74, 6) is 1.68. The van der Waals surface area contributed by atoms with Crippen LogP contribution < -0.4 is 9.47 Å². The quantitative estimate of drug-likeness (QED) is 0.501. The first kappa shape index (κ1) is 18.1. The molecule has 0 aromatic heterocycles. The van der Waals surface area contributed by atoms with Crippen molar-refractivity contribution in [1.82, 2.24) is 0 Å². The van der Waals surface area contributed by atoms with Gasteiger partial charge in [0.15, 0.2) is 0 Å². The normalized spacial score (nSPS) is 13.1. The van der Waals surface area contributed by atoms with Gasteiger partial charge < -0.3 is 9.47 Å². The van der Waals surface area contributed by atoms with E-state index >= 15 is 0 Å². The fourth-order valence-electron chi connectivity index (χ4n) is 2.82. The third-order valence-electron chi connectivity index (χ3n) is 4.54. The van der Waals surface area contributed by atoms with E-state index in [0.717, 1.165) is 11.5 Å². The molecule has 2 unspecified atom stereocenters. The van der Waals surface area contributed by atoms with Crippen LogP contribution in [0.1, 0.15) is 48.3 Å². The number of hydrogen-bond acceptors (Lipinski definition) is 2. The van der Waals surface area contributed by atoms with Crippen molar-refractivity contribution < 1.29 is 9.47 Å². The molecule has 2 heteroatoms. The van der Waals surface area contributed by atoms with Crippen molar-refractivity contribution in [3.8, 4) is 11.5 Å². The van der Waals surface area contributed by atoms with E-state index < -0.39 is 0 Å². The fraction of sp³-hybridized carbons (Fsp3) is 0.250. The predicted octanol–water partition coefficient (Wildman–Crippen LogP) is 6.58. The molecule has 134 valence electrons. The lowest BCUT2D eigenvalue weighted by molar-refractivity contribution is 0.219. The van der Waals surface area contributed by atoms with Crippen LogP contribution in [0, 0.1) is 13.8 Å². The Labute approximate surface area is 156 Å². The molecule has 0 saturated heterocycles. The number of benzene rings is 3. The van der Waals surface area contributed by atoms with Gasteiger partial charge in [-0.25, -0.2) is 0 Å². The highest BCUT2D eigenvalue weighted by Gasteiger charge is 2.09. The maximum absolute atomic E-state index is 6.04. The van der Waals surface area contributed by atoms with Crippen LogP contribution in [0.2, 0.25) is 0 Å². The molecule has 0 aliphatic rings. The van der Waals surface area contributed by atoms with Crippen LogP contribution in [0.3, 0.4) is 0 Å². The minimum Gasteiger partial charge on any atom is -0.486 e. The third-order valence-corrected chi connectivity index (χ3v) is 4.54. The van der Waals surface area contributed by atoms with Gasteiger partial charge in [-0.3, -0.25) is 0 Å². The lowest BCUT2D eigenvalue weighted by atomic mass is 10.1. The van der Waals surface area contributed by atoms with Crippen LogP contribution in [0.25, 0.3) is 0 Å². The van der Waals surface area contributed by atoms with Crippen molar-refractivity contribution in [3.05, 3.63) is 95.1 Å². The van der Waals surface area contributed by atoms with Crippen LogP contribution in [0.4, 0.5) is 0 Å². The van der Waals surface area contributed by atoms with E-state index in [1.54, 1.807) is 0 Å². The first-order chi connectivity index (χ1) is 12.5. The minimum atomic E-state index is 0.00819. The van der Waals surface area contributed by atoms with Crippen molar-refractivity contribution in [2.24, 2.45) is 0 Å². The van der Waals surface area contributed by atoms with Gasteiger partial charge in [-0.1, -0.05) is 59.7 Å². The second-order valence-corrected chi connectivity index (χ2v) is 6.81. The molecular weight excluding hydrogens is 320 g/mol. The summed E-state index contributed by atoms with van der Waals surface area (Å²) in [4.78, 5) is 0. The van der Waals surface area contributed by atoms with Crippen LogP contribution in [-0.2, 0) is 0 Å². The Balaban J connectivity index is 1.61. The zero-order chi connectivity index (χ0) is 18.5. The summed E-state index contributed by atoms with van der Waals surface area (Å²) < 4.78 is 12.1. The van der Waals surface area contributed by atoms with E-state index in [-0.39, 0.29) is 12.2 Å². The van der Waals surface area contributed by atoms with Crippen LogP contribution in [0.15, 0.2) is 72.8 Å². The molecule has 0 heterocycles. The lowest BCUT2D eigenvalue weighted by Gasteiger charge is -2.17. The molecule has 26 heavy (non-hydrogen) atoms. The lowest BCUT2D eigenvalue weighted by Crippen LogP contribution is -2.04.